The van der Waals surface area contributed by atoms with E-state index in [2.05, 4.69) is 0 Å². The van der Waals surface area contributed by atoms with Gasteiger partial charge in [0, 0.05) is 5.69 Å². The van der Waals surface area contributed by atoms with Gasteiger partial charge >= 0.3 is 0 Å². The number of rotatable bonds is 3. The number of aromatic nitrogens is 1. The van der Waals surface area contributed by atoms with Crippen LogP contribution in [-0.4, -0.2) is 15.7 Å². The highest BCUT2D eigenvalue weighted by Crippen LogP contribution is 2.21. The van der Waals surface area contributed by atoms with Gasteiger partial charge in [0.15, 0.2) is 0 Å². The predicted octanol–water partition coefficient (Wildman–Crippen LogP) is 2.81. The van der Waals surface area contributed by atoms with E-state index in [0.717, 1.165) is 55.3 Å². The number of nitrogens with one attached hydrogen (secondary N) is 1. The molecule has 1 aliphatic carbocycles. The summed E-state index contributed by atoms with van der Waals surface area (Å²) in [5.74, 6) is -1.14. The highest BCUT2D eigenvalue weighted by molar-refractivity contribution is 5.93. The summed E-state index contributed by atoms with van der Waals surface area (Å²) >= 11 is 0. The number of hydrogen-bond acceptors (Lipinski definition) is 3. The molecule has 6 heteroatoms. The molecule has 0 atom stereocenters. The van der Waals surface area contributed by atoms with Crippen LogP contribution in [0.1, 0.15) is 52.9 Å². The first-order valence-corrected chi connectivity index (χ1v) is 8.54. The topological polar surface area (TPSA) is 71.3 Å². The quantitative estimate of drug-likeness (QED) is 0.664. The Morgan fingerprint density at radius 3 is 2.48 bits per heavy atom. The molecule has 0 saturated heterocycles. The summed E-state index contributed by atoms with van der Waals surface area (Å²) in [5.41, 5.74) is 3.75. The molecule has 1 amide bonds. The smallest absolute Gasteiger partial charge is 0.280 e. The lowest BCUT2D eigenvalue weighted by Gasteiger charge is -2.21. The lowest BCUT2D eigenvalue weighted by atomic mass is 9.95. The fraction of sp³-hybridized carbons (Fsp3) is 0.368. The van der Waals surface area contributed by atoms with Crippen LogP contribution in [0, 0.1) is 5.82 Å². The SMILES string of the molecule is O=C(NO)c1cc2c(n(Cc3ccc(F)cc3)c1=O)CCCCCC2. The van der Waals surface area contributed by atoms with Gasteiger partial charge in [0.2, 0.25) is 0 Å². The Morgan fingerprint density at radius 1 is 1.12 bits per heavy atom. The third kappa shape index (κ3) is 3.79. The monoisotopic (exact) mass is 344 g/mol. The Bertz CT molecular complexity index is 828. The van der Waals surface area contributed by atoms with Gasteiger partial charge in [-0.2, -0.15) is 0 Å². The minimum atomic E-state index is -0.803. The van der Waals surface area contributed by atoms with Crippen LogP contribution in [-0.2, 0) is 19.4 Å². The molecule has 1 aliphatic rings. The number of fused-ring (bicyclic) bond motifs is 1. The maximum absolute atomic E-state index is 13.1. The number of nitrogens with zero attached hydrogens (tertiary/aromatic N) is 1. The molecule has 1 aromatic carbocycles. The number of pyridine rings is 1. The van der Waals surface area contributed by atoms with E-state index in [4.69, 9.17) is 5.21 Å². The molecule has 1 aromatic heterocycles. The summed E-state index contributed by atoms with van der Waals surface area (Å²) in [4.78, 5) is 24.7. The second-order valence-corrected chi connectivity index (χ2v) is 6.40. The largest absolute Gasteiger partial charge is 0.307 e. The number of amides is 1. The van der Waals surface area contributed by atoms with Gasteiger partial charge in [0.1, 0.15) is 11.4 Å². The maximum atomic E-state index is 13.1. The summed E-state index contributed by atoms with van der Waals surface area (Å²) < 4.78 is 14.7. The molecular formula is C19H21FN2O3. The van der Waals surface area contributed by atoms with Crippen LogP contribution in [0.15, 0.2) is 35.1 Å². The van der Waals surface area contributed by atoms with Gasteiger partial charge < -0.3 is 4.57 Å². The fourth-order valence-electron chi connectivity index (χ4n) is 3.40. The highest BCUT2D eigenvalue weighted by Gasteiger charge is 2.20. The lowest BCUT2D eigenvalue weighted by Crippen LogP contribution is -2.34. The molecule has 1 heterocycles. The minimum Gasteiger partial charge on any atom is -0.307 e. The third-order valence-electron chi connectivity index (χ3n) is 4.70. The van der Waals surface area contributed by atoms with Gasteiger partial charge in [0.05, 0.1) is 6.54 Å². The molecular weight excluding hydrogens is 323 g/mol. The Hall–Kier alpha value is -2.47. The molecule has 2 N–H and O–H groups in total. The van der Waals surface area contributed by atoms with E-state index in [-0.39, 0.29) is 17.9 Å². The molecule has 0 bridgehead atoms. The number of hydrogen-bond donors (Lipinski definition) is 2. The van der Waals surface area contributed by atoms with Gasteiger partial charge in [-0.1, -0.05) is 25.0 Å². The molecule has 0 unspecified atom stereocenters. The Kier molecular flexibility index (Phi) is 5.28. The van der Waals surface area contributed by atoms with Crippen molar-refractivity contribution in [2.75, 3.05) is 0 Å². The summed E-state index contributed by atoms with van der Waals surface area (Å²) in [7, 11) is 0. The van der Waals surface area contributed by atoms with Gasteiger partial charge in [-0.3, -0.25) is 14.8 Å². The number of hydroxylamine groups is 1. The van der Waals surface area contributed by atoms with E-state index in [9.17, 15) is 14.0 Å². The second-order valence-electron chi connectivity index (χ2n) is 6.40. The first-order chi connectivity index (χ1) is 12.1. The number of carbonyl (C=O) groups excluding carboxylic acids is 1. The molecule has 25 heavy (non-hydrogen) atoms. The average Bonchev–Trinajstić information content (AvgIpc) is 2.59. The van der Waals surface area contributed by atoms with Gasteiger partial charge in [-0.15, -0.1) is 0 Å². The van der Waals surface area contributed by atoms with E-state index in [1.807, 2.05) is 0 Å². The van der Waals surface area contributed by atoms with Crippen LogP contribution in [0.4, 0.5) is 4.39 Å². The van der Waals surface area contributed by atoms with Gasteiger partial charge in [-0.05, 0) is 55.0 Å². The maximum Gasteiger partial charge on any atom is 0.280 e. The van der Waals surface area contributed by atoms with Crippen LogP contribution >= 0.6 is 0 Å². The molecule has 0 aliphatic heterocycles. The number of aryl methyl sites for hydroxylation is 1. The number of halogens is 1. The van der Waals surface area contributed by atoms with Gasteiger partial charge in [0.25, 0.3) is 11.5 Å². The molecule has 0 fully saturated rings. The second kappa shape index (κ2) is 7.61. The van der Waals surface area contributed by atoms with Crippen molar-refractivity contribution in [1.29, 1.82) is 0 Å². The van der Waals surface area contributed by atoms with Crippen LogP contribution in [0.2, 0.25) is 0 Å². The van der Waals surface area contributed by atoms with E-state index >= 15 is 0 Å². The lowest BCUT2D eigenvalue weighted by molar-refractivity contribution is 0.0703. The summed E-state index contributed by atoms with van der Waals surface area (Å²) in [6, 6.07) is 7.59. The van der Waals surface area contributed by atoms with E-state index in [1.54, 1.807) is 28.2 Å². The summed E-state index contributed by atoms with van der Waals surface area (Å²) in [5, 5.41) is 8.94. The number of carbonyl (C=O) groups is 1. The standard InChI is InChI=1S/C19H21FN2O3/c20-15-9-7-13(8-10-15)12-22-17-6-4-2-1-3-5-14(17)11-16(19(22)24)18(23)21-25/h7-11,25H,1-6,12H2,(H,21,23). The zero-order valence-electron chi connectivity index (χ0n) is 13.9. The van der Waals surface area contributed by atoms with Gasteiger partial charge in [-0.25, -0.2) is 9.87 Å². The van der Waals surface area contributed by atoms with E-state index < -0.39 is 11.5 Å². The zero-order chi connectivity index (χ0) is 17.8. The zero-order valence-corrected chi connectivity index (χ0v) is 13.9. The first-order valence-electron chi connectivity index (χ1n) is 8.54. The number of benzene rings is 1. The minimum absolute atomic E-state index is 0.0658. The Balaban J connectivity index is 2.12. The Morgan fingerprint density at radius 2 is 1.80 bits per heavy atom. The summed E-state index contributed by atoms with van der Waals surface area (Å²) in [6.45, 7) is 0.272. The van der Waals surface area contributed by atoms with Crippen molar-refractivity contribution in [2.24, 2.45) is 0 Å². The predicted molar refractivity (Wildman–Crippen MR) is 91.3 cm³/mol. The third-order valence-corrected chi connectivity index (χ3v) is 4.70. The van der Waals surface area contributed by atoms with Crippen LogP contribution in [0.3, 0.4) is 0 Å². The molecule has 132 valence electrons. The molecule has 0 saturated carbocycles. The van der Waals surface area contributed by atoms with Crippen molar-refractivity contribution < 1.29 is 14.4 Å². The van der Waals surface area contributed by atoms with Crippen molar-refractivity contribution in [1.82, 2.24) is 10.0 Å². The molecule has 2 aromatic rings. The van der Waals surface area contributed by atoms with Crippen molar-refractivity contribution in [2.45, 2.75) is 45.1 Å². The fourth-order valence-corrected chi connectivity index (χ4v) is 3.40. The van der Waals surface area contributed by atoms with E-state index in [1.165, 1.54) is 12.1 Å². The molecule has 3 rings (SSSR count). The van der Waals surface area contributed by atoms with Crippen molar-refractivity contribution >= 4 is 5.91 Å². The Labute approximate surface area is 145 Å². The van der Waals surface area contributed by atoms with E-state index in [0.29, 0.717) is 0 Å². The van der Waals surface area contributed by atoms with Crippen molar-refractivity contribution in [3.05, 3.63) is 68.9 Å². The van der Waals surface area contributed by atoms with Crippen LogP contribution < -0.4 is 11.0 Å². The summed E-state index contributed by atoms with van der Waals surface area (Å²) in [6.07, 6.45) is 5.79. The average molecular weight is 344 g/mol. The van der Waals surface area contributed by atoms with Crippen LogP contribution in [0.5, 0.6) is 0 Å². The van der Waals surface area contributed by atoms with Crippen molar-refractivity contribution in [3.63, 3.8) is 0 Å². The normalized spacial score (nSPS) is 14.3. The van der Waals surface area contributed by atoms with Crippen LogP contribution in [0.25, 0.3) is 0 Å². The molecule has 5 nitrogen and oxygen atoms in total. The first kappa shape index (κ1) is 17.4. The highest BCUT2D eigenvalue weighted by atomic mass is 19.1. The molecule has 0 radical (unpaired) electrons. The molecule has 0 spiro atoms. The van der Waals surface area contributed by atoms with Crippen molar-refractivity contribution in [3.8, 4) is 0 Å².